The number of furan rings is 1. The van der Waals surface area contributed by atoms with E-state index in [9.17, 15) is 9.59 Å². The summed E-state index contributed by atoms with van der Waals surface area (Å²) in [5, 5.41) is 5.00. The van der Waals surface area contributed by atoms with Crippen LogP contribution in [0.4, 0.5) is 0 Å². The number of carbonyl (C=O) groups excluding carboxylic acids is 2. The molecule has 1 N–H and O–H groups in total. The Balaban J connectivity index is 1.76. The lowest BCUT2D eigenvalue weighted by atomic mass is 9.81. The molecule has 2 atom stereocenters. The highest BCUT2D eigenvalue weighted by Crippen LogP contribution is 2.44. The van der Waals surface area contributed by atoms with E-state index in [-0.39, 0.29) is 17.9 Å². The lowest BCUT2D eigenvalue weighted by molar-refractivity contribution is -0.124. The van der Waals surface area contributed by atoms with E-state index in [0.29, 0.717) is 30.3 Å². The van der Waals surface area contributed by atoms with E-state index in [1.54, 1.807) is 23.7 Å². The first kappa shape index (κ1) is 19.5. The summed E-state index contributed by atoms with van der Waals surface area (Å²) in [6, 6.07) is 14.8. The van der Waals surface area contributed by atoms with E-state index in [4.69, 9.17) is 4.42 Å². The van der Waals surface area contributed by atoms with E-state index < -0.39 is 5.92 Å². The first-order valence-corrected chi connectivity index (χ1v) is 10.7. The largest absolute Gasteiger partial charge is 0.467 e. The maximum Gasteiger partial charge on any atom is 0.254 e. The molecule has 0 saturated heterocycles. The molecule has 1 aliphatic heterocycles. The van der Waals surface area contributed by atoms with Crippen molar-refractivity contribution in [1.82, 2.24) is 10.2 Å². The Kier molecular flexibility index (Phi) is 5.53. The molecule has 0 fully saturated rings. The summed E-state index contributed by atoms with van der Waals surface area (Å²) in [6.45, 7) is 5.09. The summed E-state index contributed by atoms with van der Waals surface area (Å²) in [5.41, 5.74) is 1.40. The normalized spacial score (nSPS) is 18.7. The zero-order valence-corrected chi connectivity index (χ0v) is 17.3. The molecule has 3 heterocycles. The highest BCUT2D eigenvalue weighted by Gasteiger charge is 2.44. The Bertz CT molecular complexity index is 979. The van der Waals surface area contributed by atoms with Crippen LogP contribution in [0.25, 0.3) is 0 Å². The van der Waals surface area contributed by atoms with Gasteiger partial charge in [-0.05, 0) is 41.1 Å². The smallest absolute Gasteiger partial charge is 0.254 e. The van der Waals surface area contributed by atoms with Gasteiger partial charge in [0.1, 0.15) is 5.76 Å². The summed E-state index contributed by atoms with van der Waals surface area (Å²) in [4.78, 5) is 29.7. The number of benzene rings is 1. The van der Waals surface area contributed by atoms with Crippen molar-refractivity contribution in [1.29, 1.82) is 0 Å². The van der Waals surface area contributed by atoms with E-state index >= 15 is 0 Å². The van der Waals surface area contributed by atoms with Crippen molar-refractivity contribution in [3.8, 4) is 0 Å². The number of rotatable bonds is 6. The fraction of sp³-hybridized carbons (Fsp3) is 0.304. The van der Waals surface area contributed by atoms with Crippen LogP contribution in [0.2, 0.25) is 0 Å². The third-order valence-corrected chi connectivity index (χ3v) is 6.08. The van der Waals surface area contributed by atoms with Crippen LogP contribution in [0.1, 0.15) is 52.4 Å². The van der Waals surface area contributed by atoms with Gasteiger partial charge in [0.05, 0.1) is 24.8 Å². The van der Waals surface area contributed by atoms with Gasteiger partial charge >= 0.3 is 0 Å². The van der Waals surface area contributed by atoms with Gasteiger partial charge in [-0.1, -0.05) is 38.1 Å². The molecule has 1 aromatic carbocycles. The molecule has 0 bridgehead atoms. The maximum absolute atomic E-state index is 13.4. The Morgan fingerprint density at radius 3 is 2.69 bits per heavy atom. The molecule has 6 heteroatoms. The van der Waals surface area contributed by atoms with Crippen molar-refractivity contribution in [2.75, 3.05) is 6.54 Å². The first-order chi connectivity index (χ1) is 14.1. The Hall–Kier alpha value is -2.86. The minimum absolute atomic E-state index is 0.0113. The fourth-order valence-corrected chi connectivity index (χ4v) is 4.82. The van der Waals surface area contributed by atoms with Gasteiger partial charge in [0.2, 0.25) is 5.91 Å². The van der Waals surface area contributed by atoms with Crippen LogP contribution in [-0.4, -0.2) is 23.3 Å². The van der Waals surface area contributed by atoms with Crippen LogP contribution in [0.3, 0.4) is 0 Å². The number of carbonyl (C=O) groups is 2. The Labute approximate surface area is 174 Å². The number of hydrogen-bond acceptors (Lipinski definition) is 4. The van der Waals surface area contributed by atoms with Crippen molar-refractivity contribution < 1.29 is 14.0 Å². The second-order valence-corrected chi connectivity index (χ2v) is 8.65. The highest BCUT2D eigenvalue weighted by atomic mass is 32.1. The molecule has 150 valence electrons. The molecule has 2 amide bonds. The first-order valence-electron chi connectivity index (χ1n) is 9.79. The van der Waals surface area contributed by atoms with Gasteiger partial charge < -0.3 is 14.6 Å². The minimum atomic E-state index is -0.476. The predicted molar refractivity (Wildman–Crippen MR) is 113 cm³/mol. The van der Waals surface area contributed by atoms with Crippen molar-refractivity contribution in [3.05, 3.63) is 81.9 Å². The molecule has 29 heavy (non-hydrogen) atoms. The molecule has 0 saturated carbocycles. The number of amides is 2. The van der Waals surface area contributed by atoms with Crippen LogP contribution in [0.15, 0.2) is 64.6 Å². The molecule has 0 radical (unpaired) electrons. The molecule has 2 aromatic heterocycles. The van der Waals surface area contributed by atoms with Crippen molar-refractivity contribution in [2.45, 2.75) is 32.4 Å². The van der Waals surface area contributed by atoms with Crippen molar-refractivity contribution >= 4 is 23.2 Å². The van der Waals surface area contributed by atoms with Crippen molar-refractivity contribution in [3.63, 3.8) is 0 Å². The predicted octanol–water partition coefficient (Wildman–Crippen LogP) is 4.59. The molecule has 0 aliphatic carbocycles. The average molecular weight is 409 g/mol. The summed E-state index contributed by atoms with van der Waals surface area (Å²) >= 11 is 1.58. The van der Waals surface area contributed by atoms with E-state index in [1.165, 1.54) is 0 Å². The third-order valence-electron chi connectivity index (χ3n) is 5.13. The average Bonchev–Trinajstić information content (AvgIpc) is 3.42. The summed E-state index contributed by atoms with van der Waals surface area (Å²) in [7, 11) is 0. The Morgan fingerprint density at radius 2 is 2.00 bits per heavy atom. The van der Waals surface area contributed by atoms with E-state index in [1.807, 2.05) is 52.7 Å². The molecule has 1 aliphatic rings. The van der Waals surface area contributed by atoms with Gasteiger partial charge in [-0.3, -0.25) is 9.59 Å². The lowest BCUT2D eigenvalue weighted by Crippen LogP contribution is -2.48. The molecule has 4 rings (SSSR count). The highest BCUT2D eigenvalue weighted by molar-refractivity contribution is 7.10. The molecule has 3 aromatic rings. The summed E-state index contributed by atoms with van der Waals surface area (Å²) in [5.74, 6) is 0.399. The van der Waals surface area contributed by atoms with Gasteiger partial charge in [0.15, 0.2) is 0 Å². The zero-order chi connectivity index (χ0) is 20.4. The van der Waals surface area contributed by atoms with Gasteiger partial charge in [-0.2, -0.15) is 0 Å². The van der Waals surface area contributed by atoms with Gasteiger partial charge in [0.25, 0.3) is 5.91 Å². The van der Waals surface area contributed by atoms with Crippen LogP contribution < -0.4 is 5.32 Å². The molecule has 0 spiro atoms. The third kappa shape index (κ3) is 3.85. The van der Waals surface area contributed by atoms with Crippen molar-refractivity contribution in [2.24, 2.45) is 5.92 Å². The fourth-order valence-electron chi connectivity index (χ4n) is 3.94. The summed E-state index contributed by atoms with van der Waals surface area (Å²) < 4.78 is 5.35. The topological polar surface area (TPSA) is 62.6 Å². The number of thiophene rings is 1. The van der Waals surface area contributed by atoms with E-state index in [2.05, 4.69) is 19.2 Å². The molecule has 0 unspecified atom stereocenters. The SMILES string of the molecule is CC(C)CN1C(=O)c2ccccc2[C@@H](C(=O)NCc2ccco2)[C@H]1c1cccs1. The lowest BCUT2D eigenvalue weighted by Gasteiger charge is -2.42. The van der Waals surface area contributed by atoms with Crippen LogP contribution in [0.5, 0.6) is 0 Å². The molecular weight excluding hydrogens is 384 g/mol. The molecule has 5 nitrogen and oxygen atoms in total. The minimum Gasteiger partial charge on any atom is -0.467 e. The monoisotopic (exact) mass is 408 g/mol. The Morgan fingerprint density at radius 1 is 1.17 bits per heavy atom. The van der Waals surface area contributed by atoms with Crippen LogP contribution in [0, 0.1) is 5.92 Å². The zero-order valence-electron chi connectivity index (χ0n) is 16.5. The number of nitrogens with zero attached hydrogens (tertiary/aromatic N) is 1. The van der Waals surface area contributed by atoms with Gasteiger partial charge in [-0.25, -0.2) is 0 Å². The number of fused-ring (bicyclic) bond motifs is 1. The van der Waals surface area contributed by atoms with Gasteiger partial charge in [0, 0.05) is 17.0 Å². The number of hydrogen-bond donors (Lipinski definition) is 1. The summed E-state index contributed by atoms with van der Waals surface area (Å²) in [6.07, 6.45) is 1.59. The molecular formula is C23H24N2O3S. The quantitative estimate of drug-likeness (QED) is 0.649. The van der Waals surface area contributed by atoms with Crippen LogP contribution >= 0.6 is 11.3 Å². The van der Waals surface area contributed by atoms with Crippen LogP contribution in [-0.2, 0) is 11.3 Å². The number of nitrogens with one attached hydrogen (secondary N) is 1. The second kappa shape index (κ2) is 8.25. The van der Waals surface area contributed by atoms with E-state index in [0.717, 1.165) is 10.4 Å². The second-order valence-electron chi connectivity index (χ2n) is 7.67. The maximum atomic E-state index is 13.4. The van der Waals surface area contributed by atoms with Gasteiger partial charge in [-0.15, -0.1) is 11.3 Å². The standard InChI is InChI=1S/C23H24N2O3S/c1-15(2)14-25-21(19-10-6-12-29-19)20(17-8-3-4-9-18(17)23(25)27)22(26)24-13-16-7-5-11-28-16/h3-12,15,20-21H,13-14H2,1-2H3,(H,24,26)/t20-,21-/m1/s1.